The van der Waals surface area contributed by atoms with E-state index >= 15 is 0 Å². The third kappa shape index (κ3) is 3.10. The number of carbonyl (C=O) groups is 1. The van der Waals surface area contributed by atoms with E-state index in [2.05, 4.69) is 5.32 Å². The van der Waals surface area contributed by atoms with Gasteiger partial charge in [-0.3, -0.25) is 4.79 Å². The topological polar surface area (TPSA) is 69.6 Å². The second-order valence-electron chi connectivity index (χ2n) is 3.78. The van der Waals surface area contributed by atoms with Gasteiger partial charge < -0.3 is 15.5 Å². The minimum atomic E-state index is -0.549. The molecule has 4 nitrogen and oxygen atoms in total. The quantitative estimate of drug-likeness (QED) is 0.741. The van der Waals surface area contributed by atoms with Gasteiger partial charge in [-0.05, 0) is 30.3 Å². The molecule has 0 saturated carbocycles. The third-order valence-corrected chi connectivity index (χ3v) is 2.95. The van der Waals surface area contributed by atoms with Crippen LogP contribution in [0.15, 0.2) is 36.4 Å². The molecule has 0 heterocycles. The summed E-state index contributed by atoms with van der Waals surface area (Å²) in [6.07, 6.45) is 0. The Kier molecular flexibility index (Phi) is 3.83. The summed E-state index contributed by atoms with van der Waals surface area (Å²) in [5.74, 6) is -0.738. The van der Waals surface area contributed by atoms with E-state index in [0.717, 1.165) is 0 Å². The van der Waals surface area contributed by atoms with Crippen LogP contribution in [0.3, 0.4) is 0 Å². The minimum absolute atomic E-state index is 0.00592. The van der Waals surface area contributed by atoms with E-state index in [4.69, 9.17) is 23.2 Å². The number of hydrogen-bond donors (Lipinski definition) is 3. The first-order valence-corrected chi connectivity index (χ1v) is 6.01. The number of hydrogen-bond acceptors (Lipinski definition) is 3. The molecule has 2 rings (SSSR count). The van der Waals surface area contributed by atoms with Crippen LogP contribution in [0.1, 0.15) is 10.4 Å². The van der Waals surface area contributed by atoms with E-state index in [9.17, 15) is 15.0 Å². The third-order valence-electron chi connectivity index (χ3n) is 2.40. The van der Waals surface area contributed by atoms with Crippen molar-refractivity contribution in [2.24, 2.45) is 0 Å². The van der Waals surface area contributed by atoms with Crippen LogP contribution in [0, 0.1) is 0 Å². The van der Waals surface area contributed by atoms with Crippen molar-refractivity contribution in [2.75, 3.05) is 5.32 Å². The summed E-state index contributed by atoms with van der Waals surface area (Å²) in [5, 5.41) is 21.9. The average molecular weight is 298 g/mol. The number of anilines is 1. The van der Waals surface area contributed by atoms with E-state index in [1.807, 2.05) is 0 Å². The molecule has 2 aromatic rings. The Morgan fingerprint density at radius 3 is 2.47 bits per heavy atom. The van der Waals surface area contributed by atoms with Crippen LogP contribution in [0.4, 0.5) is 5.69 Å². The maximum Gasteiger partial charge on any atom is 0.259 e. The number of benzene rings is 2. The van der Waals surface area contributed by atoms with Gasteiger partial charge in [0.15, 0.2) is 0 Å². The Balaban J connectivity index is 2.28. The minimum Gasteiger partial charge on any atom is -0.508 e. The Bertz CT molecular complexity index is 644. The van der Waals surface area contributed by atoms with Crippen LogP contribution in [-0.4, -0.2) is 16.1 Å². The lowest BCUT2D eigenvalue weighted by atomic mass is 10.2. The normalized spacial score (nSPS) is 10.2. The van der Waals surface area contributed by atoms with Crippen molar-refractivity contribution in [2.45, 2.75) is 0 Å². The highest BCUT2D eigenvalue weighted by atomic mass is 35.5. The van der Waals surface area contributed by atoms with E-state index in [0.29, 0.717) is 10.7 Å². The molecule has 3 N–H and O–H groups in total. The smallest absolute Gasteiger partial charge is 0.259 e. The summed E-state index contributed by atoms with van der Waals surface area (Å²) in [5.41, 5.74) is 0.362. The van der Waals surface area contributed by atoms with E-state index in [1.165, 1.54) is 36.4 Å². The molecule has 0 fully saturated rings. The molecule has 2 aromatic carbocycles. The predicted molar refractivity (Wildman–Crippen MR) is 74.2 cm³/mol. The molecule has 0 atom stereocenters. The Morgan fingerprint density at radius 1 is 1.05 bits per heavy atom. The molecule has 1 amide bonds. The molecule has 0 aliphatic carbocycles. The van der Waals surface area contributed by atoms with Crippen molar-refractivity contribution in [3.63, 3.8) is 0 Å². The number of rotatable bonds is 2. The lowest BCUT2D eigenvalue weighted by Gasteiger charge is -2.09. The van der Waals surface area contributed by atoms with Crippen molar-refractivity contribution in [1.29, 1.82) is 0 Å². The van der Waals surface area contributed by atoms with Gasteiger partial charge in [-0.2, -0.15) is 0 Å². The summed E-state index contributed by atoms with van der Waals surface area (Å²) in [6, 6.07) is 8.29. The highest BCUT2D eigenvalue weighted by molar-refractivity contribution is 6.34. The number of phenolic OH excluding ortho intramolecular Hbond substituents is 2. The van der Waals surface area contributed by atoms with Gasteiger partial charge in [0.2, 0.25) is 0 Å². The van der Waals surface area contributed by atoms with Gasteiger partial charge in [0, 0.05) is 11.1 Å². The second-order valence-corrected chi connectivity index (χ2v) is 4.62. The van der Waals surface area contributed by atoms with E-state index in [1.54, 1.807) is 0 Å². The Hall–Kier alpha value is -1.91. The van der Waals surface area contributed by atoms with Crippen LogP contribution < -0.4 is 5.32 Å². The van der Waals surface area contributed by atoms with Crippen molar-refractivity contribution >= 4 is 34.8 Å². The maximum atomic E-state index is 12.0. The number of phenols is 2. The molecule has 0 unspecified atom stereocenters. The van der Waals surface area contributed by atoms with Crippen LogP contribution in [0.2, 0.25) is 10.0 Å². The lowest BCUT2D eigenvalue weighted by Crippen LogP contribution is -2.12. The first-order valence-electron chi connectivity index (χ1n) is 5.26. The number of aromatic hydroxyl groups is 2. The van der Waals surface area contributed by atoms with E-state index < -0.39 is 5.91 Å². The highest BCUT2D eigenvalue weighted by Gasteiger charge is 2.13. The fourth-order valence-electron chi connectivity index (χ4n) is 1.49. The second kappa shape index (κ2) is 5.38. The molecule has 0 saturated heterocycles. The number of amides is 1. The molecule has 0 aliphatic rings. The van der Waals surface area contributed by atoms with Gasteiger partial charge >= 0.3 is 0 Å². The monoisotopic (exact) mass is 297 g/mol. The molecule has 0 radical (unpaired) electrons. The van der Waals surface area contributed by atoms with Crippen LogP contribution in [-0.2, 0) is 0 Å². The zero-order valence-corrected chi connectivity index (χ0v) is 11.0. The summed E-state index contributed by atoms with van der Waals surface area (Å²) >= 11 is 11.6. The van der Waals surface area contributed by atoms with Crippen molar-refractivity contribution < 1.29 is 15.0 Å². The molecule has 0 spiro atoms. The zero-order valence-electron chi connectivity index (χ0n) is 9.52. The number of nitrogens with one attached hydrogen (secondary N) is 1. The fourth-order valence-corrected chi connectivity index (χ4v) is 1.88. The maximum absolute atomic E-state index is 12.0. The van der Waals surface area contributed by atoms with Crippen LogP contribution >= 0.6 is 23.2 Å². The highest BCUT2D eigenvalue weighted by Crippen LogP contribution is 2.28. The molecule has 0 aromatic heterocycles. The summed E-state index contributed by atoms with van der Waals surface area (Å²) in [6.45, 7) is 0. The van der Waals surface area contributed by atoms with Gasteiger partial charge in [-0.15, -0.1) is 0 Å². The van der Waals surface area contributed by atoms with Crippen molar-refractivity contribution in [3.05, 3.63) is 52.0 Å². The predicted octanol–water partition coefficient (Wildman–Crippen LogP) is 3.66. The van der Waals surface area contributed by atoms with Gasteiger partial charge in [0.1, 0.15) is 11.5 Å². The Morgan fingerprint density at radius 2 is 1.79 bits per heavy atom. The average Bonchev–Trinajstić information content (AvgIpc) is 2.35. The molecular formula is C13H9Cl2NO3. The van der Waals surface area contributed by atoms with Crippen LogP contribution in [0.5, 0.6) is 11.5 Å². The standard InChI is InChI=1S/C13H9Cl2NO3/c14-7-1-4-12(18)9(5-7)13(19)16-11-3-2-8(17)6-10(11)15/h1-6,17-18H,(H,16,19). The van der Waals surface area contributed by atoms with Gasteiger partial charge in [-0.25, -0.2) is 0 Å². The number of carbonyl (C=O) groups excluding carboxylic acids is 1. The molecule has 19 heavy (non-hydrogen) atoms. The summed E-state index contributed by atoms with van der Waals surface area (Å²) in [4.78, 5) is 12.0. The SMILES string of the molecule is O=C(Nc1ccc(O)cc1Cl)c1cc(Cl)ccc1O. The molecule has 98 valence electrons. The van der Waals surface area contributed by atoms with Gasteiger partial charge in [0.25, 0.3) is 5.91 Å². The van der Waals surface area contributed by atoms with E-state index in [-0.39, 0.29) is 22.1 Å². The molecule has 0 bridgehead atoms. The number of halogens is 2. The van der Waals surface area contributed by atoms with Crippen molar-refractivity contribution in [3.8, 4) is 11.5 Å². The summed E-state index contributed by atoms with van der Waals surface area (Å²) < 4.78 is 0. The van der Waals surface area contributed by atoms with Crippen LogP contribution in [0.25, 0.3) is 0 Å². The fraction of sp³-hybridized carbons (Fsp3) is 0. The molecular weight excluding hydrogens is 289 g/mol. The van der Waals surface area contributed by atoms with Gasteiger partial charge in [-0.1, -0.05) is 23.2 Å². The van der Waals surface area contributed by atoms with Gasteiger partial charge in [0.05, 0.1) is 16.3 Å². The first-order chi connectivity index (χ1) is 8.97. The first kappa shape index (κ1) is 13.5. The Labute approximate surface area is 119 Å². The van der Waals surface area contributed by atoms with Crippen molar-refractivity contribution in [1.82, 2.24) is 0 Å². The zero-order chi connectivity index (χ0) is 14.0. The molecule has 0 aliphatic heterocycles. The lowest BCUT2D eigenvalue weighted by molar-refractivity contribution is 0.102. The largest absolute Gasteiger partial charge is 0.508 e. The summed E-state index contributed by atoms with van der Waals surface area (Å²) in [7, 11) is 0. The molecule has 6 heteroatoms.